The Hall–Kier alpha value is -0.610. The number of rotatable bonds is 32. The Bertz CT molecular complexity index is 454. The number of esters is 1. The Morgan fingerprint density at radius 2 is 0.868 bits per heavy atom. The van der Waals surface area contributed by atoms with Gasteiger partial charge in [0.25, 0.3) is 0 Å². The molecule has 0 fully saturated rings. The average molecular weight is 541 g/mol. The largest absolute Gasteiger partial charge is 0.457 e. The molecule has 0 aromatic carbocycles. The first-order chi connectivity index (χ1) is 18.7. The first-order valence-corrected chi connectivity index (χ1v) is 17.1. The van der Waals surface area contributed by atoms with Crippen LogP contribution in [0.1, 0.15) is 187 Å². The van der Waals surface area contributed by atoms with Crippen molar-refractivity contribution < 1.29 is 19.4 Å². The minimum Gasteiger partial charge on any atom is -0.457 e. The van der Waals surface area contributed by atoms with Gasteiger partial charge in [-0.05, 0) is 12.8 Å². The molecular formula is C34H68O4. The molecule has 0 aromatic rings. The second-order valence-corrected chi connectivity index (χ2v) is 11.6. The Morgan fingerprint density at radius 3 is 1.24 bits per heavy atom. The van der Waals surface area contributed by atoms with Crippen LogP contribution >= 0.6 is 0 Å². The molecule has 1 atom stereocenters. The van der Waals surface area contributed by atoms with Gasteiger partial charge in [-0.1, -0.05) is 168 Å². The van der Waals surface area contributed by atoms with Gasteiger partial charge < -0.3 is 14.6 Å². The molecule has 0 aliphatic rings. The molecule has 1 unspecified atom stereocenters. The molecule has 1 N–H and O–H groups in total. The number of carbonyl (C=O) groups excluding carboxylic acids is 1. The van der Waals surface area contributed by atoms with Crippen LogP contribution < -0.4 is 0 Å². The van der Waals surface area contributed by atoms with E-state index in [9.17, 15) is 9.90 Å². The van der Waals surface area contributed by atoms with E-state index >= 15 is 0 Å². The normalized spacial score (nSPS) is 12.2. The highest BCUT2D eigenvalue weighted by Crippen LogP contribution is 2.15. The van der Waals surface area contributed by atoms with Gasteiger partial charge in [0.2, 0.25) is 0 Å². The van der Waals surface area contributed by atoms with Crippen molar-refractivity contribution in [2.45, 2.75) is 193 Å². The highest BCUT2D eigenvalue weighted by molar-refractivity contribution is 5.69. The molecule has 0 radical (unpaired) electrons. The lowest BCUT2D eigenvalue weighted by atomic mass is 10.0. The summed E-state index contributed by atoms with van der Waals surface area (Å²) in [4.78, 5) is 12.1. The van der Waals surface area contributed by atoms with Gasteiger partial charge in [-0.15, -0.1) is 0 Å². The molecule has 0 aliphatic heterocycles. The summed E-state index contributed by atoms with van der Waals surface area (Å²) in [6, 6.07) is 0. The summed E-state index contributed by atoms with van der Waals surface area (Å²) >= 11 is 0. The van der Waals surface area contributed by atoms with Crippen LogP contribution in [-0.4, -0.2) is 37.0 Å². The number of ether oxygens (including phenoxy) is 2. The molecule has 0 bridgehead atoms. The summed E-state index contributed by atoms with van der Waals surface area (Å²) in [7, 11) is 0. The minimum absolute atomic E-state index is 0.164. The maximum atomic E-state index is 12.1. The van der Waals surface area contributed by atoms with Gasteiger partial charge in [0, 0.05) is 13.0 Å². The van der Waals surface area contributed by atoms with Crippen molar-refractivity contribution >= 4 is 5.97 Å². The van der Waals surface area contributed by atoms with Crippen molar-refractivity contribution in [1.82, 2.24) is 0 Å². The third-order valence-electron chi connectivity index (χ3n) is 7.68. The number of carbonyl (C=O) groups is 1. The molecule has 0 saturated carbocycles. The maximum Gasteiger partial charge on any atom is 0.306 e. The average Bonchev–Trinajstić information content (AvgIpc) is 2.92. The van der Waals surface area contributed by atoms with E-state index in [1.165, 1.54) is 148 Å². The number of hydrogen-bond donors (Lipinski definition) is 1. The predicted molar refractivity (Wildman–Crippen MR) is 164 cm³/mol. The van der Waals surface area contributed by atoms with Gasteiger partial charge in [0.1, 0.15) is 6.10 Å². The van der Waals surface area contributed by atoms with Crippen LogP contribution in [0.25, 0.3) is 0 Å². The first-order valence-electron chi connectivity index (χ1n) is 17.1. The maximum absolute atomic E-state index is 12.1. The monoisotopic (exact) mass is 541 g/mol. The summed E-state index contributed by atoms with van der Waals surface area (Å²) in [5.74, 6) is -0.198. The van der Waals surface area contributed by atoms with Gasteiger partial charge >= 0.3 is 5.97 Å². The fourth-order valence-corrected chi connectivity index (χ4v) is 5.09. The summed E-state index contributed by atoms with van der Waals surface area (Å²) < 4.78 is 11.0. The van der Waals surface area contributed by atoms with E-state index in [0.29, 0.717) is 19.6 Å². The van der Waals surface area contributed by atoms with Crippen LogP contribution in [-0.2, 0) is 14.3 Å². The molecule has 0 aromatic heterocycles. The molecule has 0 aliphatic carbocycles. The van der Waals surface area contributed by atoms with Crippen molar-refractivity contribution in [3.63, 3.8) is 0 Å². The molecule has 4 heteroatoms. The topological polar surface area (TPSA) is 55.8 Å². The second-order valence-electron chi connectivity index (χ2n) is 11.6. The first kappa shape index (κ1) is 37.4. The summed E-state index contributed by atoms with van der Waals surface area (Å²) in [6.45, 7) is 5.35. The lowest BCUT2D eigenvalue weighted by Gasteiger charge is -2.16. The molecule has 0 saturated heterocycles. The lowest BCUT2D eigenvalue weighted by Crippen LogP contribution is -2.27. The predicted octanol–water partition coefficient (Wildman–Crippen LogP) is 10.5. The van der Waals surface area contributed by atoms with Gasteiger partial charge in [-0.2, -0.15) is 0 Å². The zero-order chi connectivity index (χ0) is 27.8. The quantitative estimate of drug-likeness (QED) is 0.0681. The van der Waals surface area contributed by atoms with E-state index in [1.54, 1.807) is 0 Å². The third kappa shape index (κ3) is 29.9. The van der Waals surface area contributed by atoms with Crippen LogP contribution in [0.5, 0.6) is 0 Å². The van der Waals surface area contributed by atoms with Crippen molar-refractivity contribution in [3.05, 3.63) is 0 Å². The molecule has 0 amide bonds. The van der Waals surface area contributed by atoms with Crippen LogP contribution in [0, 0.1) is 0 Å². The zero-order valence-corrected chi connectivity index (χ0v) is 26.0. The van der Waals surface area contributed by atoms with Crippen molar-refractivity contribution in [2.75, 3.05) is 19.8 Å². The van der Waals surface area contributed by atoms with Crippen LogP contribution in [0.4, 0.5) is 0 Å². The van der Waals surface area contributed by atoms with Gasteiger partial charge in [-0.25, -0.2) is 0 Å². The van der Waals surface area contributed by atoms with Crippen LogP contribution in [0.3, 0.4) is 0 Å². The van der Waals surface area contributed by atoms with E-state index in [1.807, 2.05) is 0 Å². The van der Waals surface area contributed by atoms with Crippen molar-refractivity contribution in [2.24, 2.45) is 0 Å². The van der Waals surface area contributed by atoms with E-state index in [-0.39, 0.29) is 12.6 Å². The van der Waals surface area contributed by atoms with E-state index in [0.717, 1.165) is 19.3 Å². The van der Waals surface area contributed by atoms with E-state index in [4.69, 9.17) is 9.47 Å². The van der Waals surface area contributed by atoms with Gasteiger partial charge in [-0.3, -0.25) is 4.79 Å². The van der Waals surface area contributed by atoms with Crippen molar-refractivity contribution in [1.29, 1.82) is 0 Å². The third-order valence-corrected chi connectivity index (χ3v) is 7.68. The highest BCUT2D eigenvalue weighted by atomic mass is 16.6. The Morgan fingerprint density at radius 1 is 0.526 bits per heavy atom. The minimum atomic E-state index is -0.521. The highest BCUT2D eigenvalue weighted by Gasteiger charge is 2.13. The smallest absolute Gasteiger partial charge is 0.306 e. The molecule has 228 valence electrons. The van der Waals surface area contributed by atoms with Gasteiger partial charge in [0.05, 0.1) is 13.2 Å². The SMILES string of the molecule is CCCCCCCCCCCCCCCCCCCCC(=O)OC(CO)COCCCCCCCCCC. The molecule has 0 rings (SSSR count). The molecule has 38 heavy (non-hydrogen) atoms. The standard InChI is InChI=1S/C34H68O4/c1-3-5-7-9-11-13-14-15-16-17-18-19-20-21-22-23-25-27-29-34(36)38-33(31-35)32-37-30-28-26-24-12-10-8-6-4-2/h33,35H,3-32H2,1-2H3. The summed E-state index contributed by atoms with van der Waals surface area (Å²) in [5.41, 5.74) is 0. The number of aliphatic hydroxyl groups is 1. The Kier molecular flexibility index (Phi) is 32.1. The molecular weight excluding hydrogens is 472 g/mol. The zero-order valence-electron chi connectivity index (χ0n) is 26.0. The fraction of sp³-hybridized carbons (Fsp3) is 0.971. The van der Waals surface area contributed by atoms with Gasteiger partial charge in [0.15, 0.2) is 0 Å². The Labute approximate surface area is 238 Å². The molecule has 0 heterocycles. The summed E-state index contributed by atoms with van der Waals surface area (Å²) in [6.07, 6.45) is 34.2. The number of aliphatic hydroxyl groups excluding tert-OH is 1. The van der Waals surface area contributed by atoms with Crippen molar-refractivity contribution in [3.8, 4) is 0 Å². The lowest BCUT2D eigenvalue weighted by molar-refractivity contribution is -0.154. The van der Waals surface area contributed by atoms with E-state index in [2.05, 4.69) is 13.8 Å². The van der Waals surface area contributed by atoms with E-state index < -0.39 is 6.10 Å². The molecule has 4 nitrogen and oxygen atoms in total. The summed E-state index contributed by atoms with van der Waals surface area (Å²) in [5, 5.41) is 9.49. The Balaban J connectivity index is 3.36. The fourth-order valence-electron chi connectivity index (χ4n) is 5.09. The van der Waals surface area contributed by atoms with Crippen LogP contribution in [0.15, 0.2) is 0 Å². The number of hydrogen-bond acceptors (Lipinski definition) is 4. The van der Waals surface area contributed by atoms with Crippen LogP contribution in [0.2, 0.25) is 0 Å². The molecule has 0 spiro atoms. The second kappa shape index (κ2) is 32.6. The number of unbranched alkanes of at least 4 members (excludes halogenated alkanes) is 24.